The van der Waals surface area contributed by atoms with Gasteiger partial charge in [-0.15, -0.1) is 0 Å². The van der Waals surface area contributed by atoms with Crippen molar-refractivity contribution in [3.63, 3.8) is 0 Å². The number of ether oxygens (including phenoxy) is 1. The van der Waals surface area contributed by atoms with Crippen LogP contribution in [-0.2, 0) is 11.3 Å². The van der Waals surface area contributed by atoms with E-state index >= 15 is 0 Å². The molecule has 5 heteroatoms. The second kappa shape index (κ2) is 7.24. The van der Waals surface area contributed by atoms with E-state index in [1.807, 2.05) is 25.1 Å². The van der Waals surface area contributed by atoms with E-state index in [2.05, 4.69) is 10.6 Å². The maximum absolute atomic E-state index is 11.4. The van der Waals surface area contributed by atoms with Crippen LogP contribution in [0.25, 0.3) is 0 Å². The van der Waals surface area contributed by atoms with Crippen LogP contribution in [0.1, 0.15) is 19.4 Å². The van der Waals surface area contributed by atoms with Gasteiger partial charge in [-0.2, -0.15) is 0 Å². The molecule has 18 heavy (non-hydrogen) atoms. The molecule has 0 aliphatic carbocycles. The van der Waals surface area contributed by atoms with Crippen molar-refractivity contribution in [2.45, 2.75) is 26.5 Å². The highest BCUT2D eigenvalue weighted by molar-refractivity contribution is 6.31. The van der Waals surface area contributed by atoms with E-state index < -0.39 is 6.10 Å². The van der Waals surface area contributed by atoms with Crippen LogP contribution in [-0.4, -0.2) is 25.6 Å². The molecule has 0 bridgehead atoms. The van der Waals surface area contributed by atoms with Gasteiger partial charge in [0.05, 0.1) is 0 Å². The number of hydrogen-bond donors (Lipinski definition) is 2. The van der Waals surface area contributed by atoms with Crippen LogP contribution in [0.5, 0.6) is 5.75 Å². The molecule has 4 nitrogen and oxygen atoms in total. The van der Waals surface area contributed by atoms with Gasteiger partial charge in [-0.25, -0.2) is 0 Å². The van der Waals surface area contributed by atoms with Crippen LogP contribution in [0.3, 0.4) is 0 Å². The molecule has 0 aromatic heterocycles. The van der Waals surface area contributed by atoms with Crippen LogP contribution in [0.2, 0.25) is 5.02 Å². The number of nitrogens with one attached hydrogen (secondary N) is 2. The lowest BCUT2D eigenvalue weighted by molar-refractivity contribution is -0.126. The summed E-state index contributed by atoms with van der Waals surface area (Å²) in [6.07, 6.45) is -0.547. The Balaban J connectivity index is 2.87. The van der Waals surface area contributed by atoms with E-state index in [0.29, 0.717) is 17.3 Å². The number of hydrogen-bond acceptors (Lipinski definition) is 3. The average molecular weight is 271 g/mol. The molecular formula is C13H19ClN2O2. The van der Waals surface area contributed by atoms with Crippen molar-refractivity contribution in [1.82, 2.24) is 10.6 Å². The van der Waals surface area contributed by atoms with Gasteiger partial charge < -0.3 is 15.4 Å². The van der Waals surface area contributed by atoms with E-state index in [-0.39, 0.29) is 5.91 Å². The molecule has 2 N–H and O–H groups in total. The van der Waals surface area contributed by atoms with Crippen molar-refractivity contribution >= 4 is 17.5 Å². The molecule has 0 spiro atoms. The van der Waals surface area contributed by atoms with Gasteiger partial charge in [0, 0.05) is 24.2 Å². The first-order chi connectivity index (χ1) is 8.60. The molecule has 1 unspecified atom stereocenters. The monoisotopic (exact) mass is 270 g/mol. The van der Waals surface area contributed by atoms with Crippen LogP contribution < -0.4 is 15.4 Å². The highest BCUT2D eigenvalue weighted by Crippen LogP contribution is 2.27. The molecule has 1 amide bonds. The van der Waals surface area contributed by atoms with Gasteiger partial charge in [-0.05, 0) is 25.6 Å². The van der Waals surface area contributed by atoms with E-state index in [4.69, 9.17) is 16.3 Å². The number of carbonyl (C=O) groups is 1. The van der Waals surface area contributed by atoms with Crippen molar-refractivity contribution < 1.29 is 9.53 Å². The highest BCUT2D eigenvalue weighted by atomic mass is 35.5. The minimum absolute atomic E-state index is 0.163. The summed E-state index contributed by atoms with van der Waals surface area (Å²) in [7, 11) is 1.58. The summed E-state index contributed by atoms with van der Waals surface area (Å²) in [4.78, 5) is 11.4. The van der Waals surface area contributed by atoms with Crippen molar-refractivity contribution in [3.8, 4) is 5.75 Å². The number of rotatable bonds is 6. The van der Waals surface area contributed by atoms with E-state index in [9.17, 15) is 4.79 Å². The number of halogens is 1. The minimum atomic E-state index is -0.547. The first kappa shape index (κ1) is 14.8. The van der Waals surface area contributed by atoms with Crippen molar-refractivity contribution in [2.75, 3.05) is 13.6 Å². The van der Waals surface area contributed by atoms with E-state index in [0.717, 1.165) is 12.1 Å². The fraction of sp³-hybridized carbons (Fsp3) is 0.462. The Morgan fingerprint density at radius 2 is 2.22 bits per heavy atom. The number of likely N-dealkylation sites (N-methyl/N-ethyl adjacent to an activating group) is 1. The first-order valence-corrected chi connectivity index (χ1v) is 6.34. The SMILES string of the molecule is CCNCc1c(Cl)cccc1OC(C)C(=O)NC. The lowest BCUT2D eigenvalue weighted by Crippen LogP contribution is -2.34. The molecule has 100 valence electrons. The third-order valence-electron chi connectivity index (χ3n) is 2.55. The molecule has 1 rings (SSSR count). The maximum Gasteiger partial charge on any atom is 0.260 e. The zero-order valence-corrected chi connectivity index (χ0v) is 11.7. The summed E-state index contributed by atoms with van der Waals surface area (Å²) < 4.78 is 5.64. The van der Waals surface area contributed by atoms with Crippen LogP contribution >= 0.6 is 11.6 Å². The molecule has 1 aromatic carbocycles. The normalized spacial score (nSPS) is 12.0. The van der Waals surface area contributed by atoms with Crippen LogP contribution in [0, 0.1) is 0 Å². The van der Waals surface area contributed by atoms with Gasteiger partial charge in [-0.3, -0.25) is 4.79 Å². The fourth-order valence-electron chi connectivity index (χ4n) is 1.52. The Labute approximate surface area is 113 Å². The van der Waals surface area contributed by atoms with Gasteiger partial charge in [0.15, 0.2) is 6.10 Å². The lowest BCUT2D eigenvalue weighted by Gasteiger charge is -2.17. The van der Waals surface area contributed by atoms with E-state index in [1.54, 1.807) is 14.0 Å². The smallest absolute Gasteiger partial charge is 0.260 e. The van der Waals surface area contributed by atoms with Gasteiger partial charge in [0.1, 0.15) is 5.75 Å². The minimum Gasteiger partial charge on any atom is -0.481 e. The third-order valence-corrected chi connectivity index (χ3v) is 2.90. The second-order valence-electron chi connectivity index (χ2n) is 3.87. The topological polar surface area (TPSA) is 50.4 Å². The van der Waals surface area contributed by atoms with Crippen molar-refractivity contribution in [1.29, 1.82) is 0 Å². The Morgan fingerprint density at radius 3 is 2.83 bits per heavy atom. The summed E-state index contributed by atoms with van der Waals surface area (Å²) in [6.45, 7) is 5.18. The van der Waals surface area contributed by atoms with Gasteiger partial charge in [0.25, 0.3) is 5.91 Å². The van der Waals surface area contributed by atoms with Gasteiger partial charge in [0.2, 0.25) is 0 Å². The molecule has 1 aromatic rings. The number of benzene rings is 1. The average Bonchev–Trinajstić information content (AvgIpc) is 2.37. The standard InChI is InChI=1S/C13H19ClN2O2/c1-4-16-8-10-11(14)6-5-7-12(10)18-9(2)13(17)15-3/h5-7,9,16H,4,8H2,1-3H3,(H,15,17). The Morgan fingerprint density at radius 1 is 1.50 bits per heavy atom. The molecular weight excluding hydrogens is 252 g/mol. The summed E-state index contributed by atoms with van der Waals surface area (Å²) in [6, 6.07) is 5.44. The molecule has 0 saturated heterocycles. The molecule has 1 atom stereocenters. The molecule has 0 radical (unpaired) electrons. The largest absolute Gasteiger partial charge is 0.481 e. The Bertz CT molecular complexity index is 410. The van der Waals surface area contributed by atoms with Crippen LogP contribution in [0.4, 0.5) is 0 Å². The highest BCUT2D eigenvalue weighted by Gasteiger charge is 2.15. The van der Waals surface area contributed by atoms with Gasteiger partial charge >= 0.3 is 0 Å². The Hall–Kier alpha value is -1.26. The van der Waals surface area contributed by atoms with Crippen LogP contribution in [0.15, 0.2) is 18.2 Å². The predicted molar refractivity (Wildman–Crippen MR) is 73.0 cm³/mol. The summed E-state index contributed by atoms with van der Waals surface area (Å²) in [5, 5.41) is 6.38. The molecule has 0 aliphatic rings. The molecule has 0 aliphatic heterocycles. The number of carbonyl (C=O) groups excluding carboxylic acids is 1. The van der Waals surface area contributed by atoms with E-state index in [1.165, 1.54) is 0 Å². The maximum atomic E-state index is 11.4. The Kier molecular flexibility index (Phi) is 5.95. The zero-order valence-electron chi connectivity index (χ0n) is 10.9. The first-order valence-electron chi connectivity index (χ1n) is 5.96. The van der Waals surface area contributed by atoms with Gasteiger partial charge in [-0.1, -0.05) is 24.6 Å². The fourth-order valence-corrected chi connectivity index (χ4v) is 1.75. The lowest BCUT2D eigenvalue weighted by atomic mass is 10.2. The second-order valence-corrected chi connectivity index (χ2v) is 4.28. The summed E-state index contributed by atoms with van der Waals surface area (Å²) in [5.74, 6) is 0.476. The summed E-state index contributed by atoms with van der Waals surface area (Å²) in [5.41, 5.74) is 0.872. The molecule has 0 heterocycles. The summed E-state index contributed by atoms with van der Waals surface area (Å²) >= 11 is 6.14. The molecule has 0 saturated carbocycles. The third kappa shape index (κ3) is 3.89. The predicted octanol–water partition coefficient (Wildman–Crippen LogP) is 1.96. The molecule has 0 fully saturated rings. The van der Waals surface area contributed by atoms with Crippen molar-refractivity contribution in [3.05, 3.63) is 28.8 Å². The zero-order chi connectivity index (χ0) is 13.5. The number of amides is 1. The van der Waals surface area contributed by atoms with Crippen molar-refractivity contribution in [2.24, 2.45) is 0 Å². The quantitative estimate of drug-likeness (QED) is 0.831.